The summed E-state index contributed by atoms with van der Waals surface area (Å²) in [6, 6.07) is 4.08. The molecule has 1 heterocycles. The van der Waals surface area contributed by atoms with Crippen LogP contribution in [0.15, 0.2) is 12.1 Å². The lowest BCUT2D eigenvalue weighted by Gasteiger charge is -2.37. The van der Waals surface area contributed by atoms with Crippen LogP contribution in [-0.2, 0) is 12.8 Å². The monoisotopic (exact) mass is 293 g/mol. The molecule has 0 atom stereocenters. The van der Waals surface area contributed by atoms with Crippen LogP contribution >= 0.6 is 11.6 Å². The van der Waals surface area contributed by atoms with Crippen LogP contribution < -0.4 is 10.5 Å². The third-order valence-corrected chi connectivity index (χ3v) is 5.26. The van der Waals surface area contributed by atoms with Gasteiger partial charge in [0.05, 0.1) is 6.61 Å². The van der Waals surface area contributed by atoms with E-state index in [-0.39, 0.29) is 5.54 Å². The maximum Gasteiger partial charge on any atom is 0.125 e. The Hall–Kier alpha value is -0.730. The number of fused-ring (bicyclic) bond motifs is 1. The molecule has 0 amide bonds. The van der Waals surface area contributed by atoms with Crippen molar-refractivity contribution in [3.8, 4) is 5.75 Å². The summed E-state index contributed by atoms with van der Waals surface area (Å²) in [6.07, 6.45) is 7.91. The third kappa shape index (κ3) is 2.82. The predicted octanol–water partition coefficient (Wildman–Crippen LogP) is 4.12. The van der Waals surface area contributed by atoms with Crippen LogP contribution in [0, 0.1) is 5.92 Å². The van der Waals surface area contributed by atoms with Crippen molar-refractivity contribution in [3.05, 3.63) is 28.3 Å². The van der Waals surface area contributed by atoms with E-state index in [0.717, 1.165) is 49.0 Å². The molecule has 0 aromatic heterocycles. The number of nitrogens with two attached hydrogens (primary N) is 1. The normalized spacial score (nSPS) is 29.1. The molecule has 0 spiro atoms. The van der Waals surface area contributed by atoms with Gasteiger partial charge in [-0.25, -0.2) is 0 Å². The number of hydrogen-bond acceptors (Lipinski definition) is 2. The molecule has 2 nitrogen and oxygen atoms in total. The molecular weight excluding hydrogens is 270 g/mol. The molecule has 1 fully saturated rings. The van der Waals surface area contributed by atoms with Crippen LogP contribution in [0.25, 0.3) is 0 Å². The number of hydrogen-bond donors (Lipinski definition) is 1. The van der Waals surface area contributed by atoms with E-state index in [1.54, 1.807) is 0 Å². The minimum Gasteiger partial charge on any atom is -0.493 e. The van der Waals surface area contributed by atoms with Gasteiger partial charge in [0.25, 0.3) is 0 Å². The molecule has 20 heavy (non-hydrogen) atoms. The Labute approximate surface area is 126 Å². The lowest BCUT2D eigenvalue weighted by molar-refractivity contribution is 0.226. The largest absolute Gasteiger partial charge is 0.493 e. The summed E-state index contributed by atoms with van der Waals surface area (Å²) in [6.45, 7) is 3.06. The Morgan fingerprint density at radius 2 is 2.10 bits per heavy atom. The molecule has 110 valence electrons. The standard InChI is InChI=1S/C17H24ClNO/c1-2-12-3-6-17(19,7-4-12)11-14-10-15(18)9-13-5-8-20-16(13)14/h9-10,12H,2-8,11,19H2,1H3. The van der Waals surface area contributed by atoms with E-state index in [1.165, 1.54) is 30.4 Å². The van der Waals surface area contributed by atoms with Crippen LogP contribution in [0.5, 0.6) is 5.75 Å². The molecule has 0 unspecified atom stereocenters. The molecular formula is C17H24ClNO. The van der Waals surface area contributed by atoms with E-state index >= 15 is 0 Å². The first-order valence-corrected chi connectivity index (χ1v) is 8.20. The molecule has 3 rings (SSSR count). The molecule has 3 heteroatoms. The maximum absolute atomic E-state index is 6.65. The smallest absolute Gasteiger partial charge is 0.125 e. The summed E-state index contributed by atoms with van der Waals surface area (Å²) < 4.78 is 5.80. The maximum atomic E-state index is 6.65. The Morgan fingerprint density at radius 1 is 1.35 bits per heavy atom. The summed E-state index contributed by atoms with van der Waals surface area (Å²) in [7, 11) is 0. The van der Waals surface area contributed by atoms with Crippen LogP contribution in [-0.4, -0.2) is 12.1 Å². The van der Waals surface area contributed by atoms with Gasteiger partial charge in [0.1, 0.15) is 5.75 Å². The highest BCUT2D eigenvalue weighted by atomic mass is 35.5. The van der Waals surface area contributed by atoms with Crippen molar-refractivity contribution in [1.82, 2.24) is 0 Å². The molecule has 1 aromatic rings. The van der Waals surface area contributed by atoms with Crippen molar-refractivity contribution in [1.29, 1.82) is 0 Å². The van der Waals surface area contributed by atoms with Crippen LogP contribution in [0.1, 0.15) is 50.2 Å². The number of ether oxygens (including phenoxy) is 1. The molecule has 0 bridgehead atoms. The highest BCUT2D eigenvalue weighted by Crippen LogP contribution is 2.39. The molecule has 0 saturated heterocycles. The summed E-state index contributed by atoms with van der Waals surface area (Å²) in [5, 5.41) is 0.815. The SMILES string of the molecule is CCC1CCC(N)(Cc2cc(Cl)cc3c2OCC3)CC1. The van der Waals surface area contributed by atoms with Crippen molar-refractivity contribution < 1.29 is 4.74 Å². The van der Waals surface area contributed by atoms with Crippen molar-refractivity contribution in [3.63, 3.8) is 0 Å². The summed E-state index contributed by atoms with van der Waals surface area (Å²) in [5.41, 5.74) is 9.04. The Kier molecular flexibility index (Phi) is 3.96. The van der Waals surface area contributed by atoms with Crippen molar-refractivity contribution in [2.45, 2.75) is 57.4 Å². The fourth-order valence-electron chi connectivity index (χ4n) is 3.69. The Morgan fingerprint density at radius 3 is 2.80 bits per heavy atom. The third-order valence-electron chi connectivity index (χ3n) is 5.05. The fraction of sp³-hybridized carbons (Fsp3) is 0.647. The lowest BCUT2D eigenvalue weighted by atomic mass is 9.73. The van der Waals surface area contributed by atoms with E-state index in [2.05, 4.69) is 6.92 Å². The van der Waals surface area contributed by atoms with Gasteiger partial charge in [-0.3, -0.25) is 0 Å². The first kappa shape index (κ1) is 14.2. The number of rotatable bonds is 3. The highest BCUT2D eigenvalue weighted by molar-refractivity contribution is 6.30. The molecule has 1 aliphatic carbocycles. The number of benzene rings is 1. The quantitative estimate of drug-likeness (QED) is 0.910. The Balaban J connectivity index is 1.78. The molecule has 2 aliphatic rings. The zero-order valence-electron chi connectivity index (χ0n) is 12.3. The van der Waals surface area contributed by atoms with Crippen LogP contribution in [0.4, 0.5) is 0 Å². The van der Waals surface area contributed by atoms with E-state index in [9.17, 15) is 0 Å². The van der Waals surface area contributed by atoms with Crippen molar-refractivity contribution in [2.75, 3.05) is 6.61 Å². The Bertz CT molecular complexity index is 492. The van der Waals surface area contributed by atoms with Crippen molar-refractivity contribution in [2.24, 2.45) is 11.7 Å². The van der Waals surface area contributed by atoms with Crippen molar-refractivity contribution >= 4 is 11.6 Å². The van der Waals surface area contributed by atoms with E-state index in [4.69, 9.17) is 22.1 Å². The zero-order chi connectivity index (χ0) is 14.2. The van der Waals surface area contributed by atoms with Gasteiger partial charge in [-0.2, -0.15) is 0 Å². The first-order chi connectivity index (χ1) is 9.59. The van der Waals surface area contributed by atoms with E-state index in [1.807, 2.05) is 12.1 Å². The first-order valence-electron chi connectivity index (χ1n) is 7.82. The second kappa shape index (κ2) is 5.57. The number of halogens is 1. The van der Waals surface area contributed by atoms with E-state index < -0.39 is 0 Å². The summed E-state index contributed by atoms with van der Waals surface area (Å²) in [4.78, 5) is 0. The van der Waals surface area contributed by atoms with Gasteiger partial charge in [-0.05, 0) is 61.3 Å². The molecule has 2 N–H and O–H groups in total. The predicted molar refractivity (Wildman–Crippen MR) is 83.5 cm³/mol. The zero-order valence-corrected chi connectivity index (χ0v) is 13.0. The van der Waals surface area contributed by atoms with Gasteiger partial charge in [-0.15, -0.1) is 0 Å². The molecule has 0 radical (unpaired) electrons. The molecule has 1 aliphatic heterocycles. The fourth-order valence-corrected chi connectivity index (χ4v) is 3.96. The van der Waals surface area contributed by atoms with Gasteiger partial charge in [-0.1, -0.05) is 24.9 Å². The second-order valence-electron chi connectivity index (χ2n) is 6.54. The average molecular weight is 294 g/mol. The summed E-state index contributed by atoms with van der Waals surface area (Å²) in [5.74, 6) is 1.92. The lowest BCUT2D eigenvalue weighted by Crippen LogP contribution is -2.45. The minimum absolute atomic E-state index is 0.0733. The van der Waals surface area contributed by atoms with Crippen LogP contribution in [0.3, 0.4) is 0 Å². The molecule has 1 aromatic carbocycles. The van der Waals surface area contributed by atoms with Gasteiger partial charge in [0, 0.05) is 17.0 Å². The molecule has 1 saturated carbocycles. The van der Waals surface area contributed by atoms with E-state index in [0.29, 0.717) is 0 Å². The second-order valence-corrected chi connectivity index (χ2v) is 6.98. The topological polar surface area (TPSA) is 35.2 Å². The summed E-state index contributed by atoms with van der Waals surface area (Å²) >= 11 is 6.24. The average Bonchev–Trinajstić information content (AvgIpc) is 2.87. The van der Waals surface area contributed by atoms with Gasteiger partial charge >= 0.3 is 0 Å². The minimum atomic E-state index is -0.0733. The van der Waals surface area contributed by atoms with Gasteiger partial charge in [0.15, 0.2) is 0 Å². The van der Waals surface area contributed by atoms with Gasteiger partial charge in [0.2, 0.25) is 0 Å². The van der Waals surface area contributed by atoms with Crippen LogP contribution in [0.2, 0.25) is 5.02 Å². The highest BCUT2D eigenvalue weighted by Gasteiger charge is 2.33. The van der Waals surface area contributed by atoms with Gasteiger partial charge < -0.3 is 10.5 Å².